The van der Waals surface area contributed by atoms with Gasteiger partial charge in [0.25, 0.3) is 15.9 Å². The molecule has 24 heavy (non-hydrogen) atoms. The van der Waals surface area contributed by atoms with E-state index < -0.39 is 10.0 Å². The van der Waals surface area contributed by atoms with E-state index in [0.29, 0.717) is 6.54 Å². The number of carbonyl (C=O) groups excluding carboxylic acids is 1. The average Bonchev–Trinajstić information content (AvgIpc) is 2.56. The fourth-order valence-corrected chi connectivity index (χ4v) is 3.68. The molecule has 0 saturated heterocycles. The number of halogens is 2. The van der Waals surface area contributed by atoms with Crippen LogP contribution >= 0.6 is 23.2 Å². The van der Waals surface area contributed by atoms with Crippen molar-refractivity contribution in [3.63, 3.8) is 0 Å². The van der Waals surface area contributed by atoms with Gasteiger partial charge in [-0.2, -0.15) is 0 Å². The molecule has 0 fully saturated rings. The van der Waals surface area contributed by atoms with E-state index in [1.54, 1.807) is 12.1 Å². The molecular weight excluding hydrogens is 371 g/mol. The fraction of sp³-hybridized carbons (Fsp3) is 0.188. The van der Waals surface area contributed by atoms with Crippen LogP contribution in [0.1, 0.15) is 23.7 Å². The summed E-state index contributed by atoms with van der Waals surface area (Å²) < 4.78 is 27.4. The standard InChI is InChI=1S/C16H16Cl2N2O3S/c1-2-9-19-16(21)11-5-3-6-12(10-11)24(22,23)20-15-13(17)7-4-8-14(15)18/h3-8,10,20H,2,9H2,1H3,(H,19,21). The van der Waals surface area contributed by atoms with Crippen molar-refractivity contribution < 1.29 is 13.2 Å². The summed E-state index contributed by atoms with van der Waals surface area (Å²) in [5.74, 6) is -0.329. The second kappa shape index (κ2) is 7.88. The molecule has 0 aliphatic carbocycles. The summed E-state index contributed by atoms with van der Waals surface area (Å²) in [6, 6.07) is 10.4. The van der Waals surface area contributed by atoms with Gasteiger partial charge in [-0.25, -0.2) is 8.42 Å². The van der Waals surface area contributed by atoms with Crippen molar-refractivity contribution in [2.24, 2.45) is 0 Å². The molecule has 0 spiro atoms. The van der Waals surface area contributed by atoms with Gasteiger partial charge in [-0.1, -0.05) is 42.3 Å². The second-order valence-electron chi connectivity index (χ2n) is 4.99. The van der Waals surface area contributed by atoms with Crippen molar-refractivity contribution in [2.75, 3.05) is 11.3 Å². The minimum absolute atomic E-state index is 0.0531. The van der Waals surface area contributed by atoms with E-state index in [-0.39, 0.29) is 32.1 Å². The van der Waals surface area contributed by atoms with Crippen molar-refractivity contribution in [2.45, 2.75) is 18.2 Å². The Morgan fingerprint density at radius 2 is 1.71 bits per heavy atom. The first-order chi connectivity index (χ1) is 11.3. The summed E-state index contributed by atoms with van der Waals surface area (Å²) in [5.41, 5.74) is 0.359. The van der Waals surface area contributed by atoms with Gasteiger partial charge in [0.05, 0.1) is 20.6 Å². The second-order valence-corrected chi connectivity index (χ2v) is 7.48. The van der Waals surface area contributed by atoms with Gasteiger partial charge >= 0.3 is 0 Å². The molecule has 0 aliphatic heterocycles. The van der Waals surface area contributed by atoms with Crippen LogP contribution in [0.3, 0.4) is 0 Å². The Morgan fingerprint density at radius 3 is 2.33 bits per heavy atom. The maximum absolute atomic E-state index is 12.5. The van der Waals surface area contributed by atoms with Gasteiger partial charge in [0.15, 0.2) is 0 Å². The van der Waals surface area contributed by atoms with E-state index in [1.807, 2.05) is 6.92 Å². The topological polar surface area (TPSA) is 75.3 Å². The number of rotatable bonds is 6. The molecule has 2 aromatic rings. The lowest BCUT2D eigenvalue weighted by Crippen LogP contribution is -2.24. The molecule has 5 nitrogen and oxygen atoms in total. The van der Waals surface area contributed by atoms with E-state index in [9.17, 15) is 13.2 Å². The Balaban J connectivity index is 2.31. The van der Waals surface area contributed by atoms with Crippen LogP contribution in [0, 0.1) is 0 Å². The summed E-state index contributed by atoms with van der Waals surface area (Å²) in [6.07, 6.45) is 0.788. The SMILES string of the molecule is CCCNC(=O)c1cccc(S(=O)(=O)Nc2c(Cl)cccc2Cl)c1. The molecule has 0 saturated carbocycles. The monoisotopic (exact) mass is 386 g/mol. The van der Waals surface area contributed by atoms with Gasteiger partial charge in [0.1, 0.15) is 0 Å². The Hall–Kier alpha value is -1.76. The predicted octanol–water partition coefficient (Wildman–Crippen LogP) is 3.93. The summed E-state index contributed by atoms with van der Waals surface area (Å²) in [6.45, 7) is 2.45. The molecule has 128 valence electrons. The molecule has 0 aromatic heterocycles. The van der Waals surface area contributed by atoms with Gasteiger partial charge in [-0.3, -0.25) is 9.52 Å². The van der Waals surface area contributed by atoms with Crippen LogP contribution in [0.4, 0.5) is 5.69 Å². The highest BCUT2D eigenvalue weighted by Crippen LogP contribution is 2.31. The Kier molecular flexibility index (Phi) is 6.10. The third-order valence-corrected chi connectivity index (χ3v) is 5.12. The lowest BCUT2D eigenvalue weighted by atomic mass is 10.2. The van der Waals surface area contributed by atoms with Crippen molar-refractivity contribution in [3.8, 4) is 0 Å². The largest absolute Gasteiger partial charge is 0.352 e. The zero-order valence-electron chi connectivity index (χ0n) is 12.8. The van der Waals surface area contributed by atoms with Crippen molar-refractivity contribution in [1.29, 1.82) is 0 Å². The van der Waals surface area contributed by atoms with Crippen LogP contribution in [0.25, 0.3) is 0 Å². The van der Waals surface area contributed by atoms with Crippen molar-refractivity contribution in [1.82, 2.24) is 5.32 Å². The van der Waals surface area contributed by atoms with Gasteiger partial charge in [0, 0.05) is 12.1 Å². The Morgan fingerprint density at radius 1 is 1.08 bits per heavy atom. The summed E-state index contributed by atoms with van der Waals surface area (Å²) in [4.78, 5) is 11.9. The third-order valence-electron chi connectivity index (χ3n) is 3.14. The number of para-hydroxylation sites is 1. The quantitative estimate of drug-likeness (QED) is 0.789. The lowest BCUT2D eigenvalue weighted by Gasteiger charge is -2.12. The molecule has 0 heterocycles. The Labute approximate surface area is 151 Å². The van der Waals surface area contributed by atoms with Crippen LogP contribution in [-0.4, -0.2) is 20.9 Å². The molecule has 0 radical (unpaired) electrons. The molecule has 0 atom stereocenters. The summed E-state index contributed by atoms with van der Waals surface area (Å²) >= 11 is 12.0. The first-order valence-corrected chi connectivity index (χ1v) is 9.44. The summed E-state index contributed by atoms with van der Waals surface area (Å²) in [7, 11) is -3.93. The average molecular weight is 387 g/mol. The molecule has 0 bridgehead atoms. The van der Waals surface area contributed by atoms with Crippen molar-refractivity contribution >= 4 is 44.8 Å². The molecule has 2 aromatic carbocycles. The molecule has 2 N–H and O–H groups in total. The number of amides is 1. The summed E-state index contributed by atoms with van der Waals surface area (Å²) in [5, 5.41) is 3.07. The minimum atomic E-state index is -3.93. The van der Waals surface area contributed by atoms with E-state index >= 15 is 0 Å². The van der Waals surface area contributed by atoms with Crippen LogP contribution in [0.5, 0.6) is 0 Å². The molecule has 0 unspecified atom stereocenters. The van der Waals surface area contributed by atoms with Gasteiger partial charge in [-0.15, -0.1) is 0 Å². The van der Waals surface area contributed by atoms with E-state index in [4.69, 9.17) is 23.2 Å². The molecule has 8 heteroatoms. The molecule has 2 rings (SSSR count). The molecular formula is C16H16Cl2N2O3S. The van der Waals surface area contributed by atoms with Crippen LogP contribution < -0.4 is 10.0 Å². The number of carbonyl (C=O) groups is 1. The highest BCUT2D eigenvalue weighted by atomic mass is 35.5. The van der Waals surface area contributed by atoms with Gasteiger partial charge in [-0.05, 0) is 36.8 Å². The highest BCUT2D eigenvalue weighted by molar-refractivity contribution is 7.92. The smallest absolute Gasteiger partial charge is 0.262 e. The third kappa shape index (κ3) is 4.41. The highest BCUT2D eigenvalue weighted by Gasteiger charge is 2.19. The molecule has 0 aliphatic rings. The number of anilines is 1. The lowest BCUT2D eigenvalue weighted by molar-refractivity contribution is 0.0953. The number of sulfonamides is 1. The van der Waals surface area contributed by atoms with Gasteiger partial charge < -0.3 is 5.32 Å². The van der Waals surface area contributed by atoms with E-state index in [1.165, 1.54) is 30.3 Å². The Bertz CT molecular complexity index is 834. The maximum Gasteiger partial charge on any atom is 0.262 e. The maximum atomic E-state index is 12.5. The molecule has 1 amide bonds. The number of nitrogens with one attached hydrogen (secondary N) is 2. The number of hydrogen-bond acceptors (Lipinski definition) is 3. The number of benzene rings is 2. The zero-order valence-corrected chi connectivity index (χ0v) is 15.2. The number of hydrogen-bond donors (Lipinski definition) is 2. The van der Waals surface area contributed by atoms with Crippen LogP contribution in [0.15, 0.2) is 47.4 Å². The fourth-order valence-electron chi connectivity index (χ4n) is 1.93. The van der Waals surface area contributed by atoms with Crippen LogP contribution in [-0.2, 0) is 10.0 Å². The van der Waals surface area contributed by atoms with Crippen molar-refractivity contribution in [3.05, 3.63) is 58.1 Å². The zero-order chi connectivity index (χ0) is 17.7. The first kappa shape index (κ1) is 18.6. The van der Waals surface area contributed by atoms with Gasteiger partial charge in [0.2, 0.25) is 0 Å². The predicted molar refractivity (Wildman–Crippen MR) is 96.3 cm³/mol. The van der Waals surface area contributed by atoms with Crippen LogP contribution in [0.2, 0.25) is 10.0 Å². The minimum Gasteiger partial charge on any atom is -0.352 e. The van der Waals surface area contributed by atoms with E-state index in [0.717, 1.165) is 6.42 Å². The normalized spacial score (nSPS) is 11.1. The van der Waals surface area contributed by atoms with E-state index in [2.05, 4.69) is 10.0 Å². The first-order valence-electron chi connectivity index (χ1n) is 7.20.